The normalized spacial score (nSPS) is 17.6. The Hall–Kier alpha value is -3.67. The predicted octanol–water partition coefficient (Wildman–Crippen LogP) is 6.22. The number of carboxylic acids is 1. The highest BCUT2D eigenvalue weighted by molar-refractivity contribution is 5.88. The number of ether oxygens (including phenoxy) is 1. The molecule has 0 saturated heterocycles. The van der Waals surface area contributed by atoms with E-state index >= 15 is 0 Å². The Morgan fingerprint density at radius 2 is 1.85 bits per heavy atom. The third kappa shape index (κ3) is 4.81. The second-order valence-corrected chi connectivity index (χ2v) is 9.22. The molecule has 3 aromatic carbocycles. The van der Waals surface area contributed by atoms with Crippen LogP contribution in [0.5, 0.6) is 5.75 Å². The van der Waals surface area contributed by atoms with Gasteiger partial charge in [-0.1, -0.05) is 30.3 Å². The molecule has 1 N–H and O–H groups in total. The Morgan fingerprint density at radius 1 is 1.12 bits per heavy atom. The Bertz CT molecular complexity index is 1250. The molecule has 3 aromatic rings. The summed E-state index contributed by atoms with van der Waals surface area (Å²) < 4.78 is 19.6. The number of hydrogen-bond acceptors (Lipinski definition) is 4. The van der Waals surface area contributed by atoms with Gasteiger partial charge in [0.1, 0.15) is 11.6 Å². The Balaban J connectivity index is 1.53. The maximum atomic E-state index is 14.4. The molecule has 4 rings (SSSR count). The van der Waals surface area contributed by atoms with Gasteiger partial charge in [-0.2, -0.15) is 5.10 Å². The first-order valence-corrected chi connectivity index (χ1v) is 11.3. The van der Waals surface area contributed by atoms with E-state index < -0.39 is 11.5 Å². The summed E-state index contributed by atoms with van der Waals surface area (Å²) in [6, 6.07) is 18.8. The molecule has 5 nitrogen and oxygen atoms in total. The number of methoxy groups -OCH3 is 1. The zero-order chi connectivity index (χ0) is 24.5. The number of hydrazone groups is 1. The van der Waals surface area contributed by atoms with Crippen LogP contribution in [-0.2, 0) is 11.2 Å². The highest BCUT2D eigenvalue weighted by Crippen LogP contribution is 2.36. The van der Waals surface area contributed by atoms with Crippen LogP contribution in [0.25, 0.3) is 11.1 Å². The highest BCUT2D eigenvalue weighted by atomic mass is 19.1. The number of aliphatic carboxylic acids is 1. The van der Waals surface area contributed by atoms with E-state index in [1.54, 1.807) is 19.2 Å². The van der Waals surface area contributed by atoms with Crippen LogP contribution in [0.2, 0.25) is 0 Å². The van der Waals surface area contributed by atoms with Gasteiger partial charge in [0.05, 0.1) is 24.8 Å². The summed E-state index contributed by atoms with van der Waals surface area (Å²) in [5, 5.41) is 15.8. The van der Waals surface area contributed by atoms with E-state index in [2.05, 4.69) is 17.2 Å². The van der Waals surface area contributed by atoms with Crippen LogP contribution in [0.15, 0.2) is 65.8 Å². The summed E-state index contributed by atoms with van der Waals surface area (Å²) in [6.07, 6.45) is 1.39. The number of carbonyl (C=O) groups is 1. The van der Waals surface area contributed by atoms with Crippen LogP contribution in [0.1, 0.15) is 43.4 Å². The standard InChI is InChI=1S/C28H29FN2O3/c1-18-13-22(25-15-24(34-4)11-12-26(25)29)8-7-21(18)14-20-5-9-23(10-6-20)31-28(3,17-27(32)33)16-19(2)30-31/h5-13,15H,14,16-17H2,1-4H3,(H,32,33). The lowest BCUT2D eigenvalue weighted by atomic mass is 9.91. The minimum atomic E-state index is -0.832. The largest absolute Gasteiger partial charge is 0.497 e. The van der Waals surface area contributed by atoms with Crippen LogP contribution in [-0.4, -0.2) is 29.4 Å². The number of nitrogens with zero attached hydrogens (tertiary/aromatic N) is 2. The molecule has 1 heterocycles. The molecule has 0 amide bonds. The second-order valence-electron chi connectivity index (χ2n) is 9.22. The van der Waals surface area contributed by atoms with Gasteiger partial charge in [0.15, 0.2) is 0 Å². The van der Waals surface area contributed by atoms with Crippen LogP contribution < -0.4 is 9.75 Å². The number of benzene rings is 3. The molecule has 1 unspecified atom stereocenters. The molecular weight excluding hydrogens is 431 g/mol. The number of hydrogen-bond donors (Lipinski definition) is 1. The van der Waals surface area contributed by atoms with Crippen LogP contribution in [0.3, 0.4) is 0 Å². The number of halogens is 1. The predicted molar refractivity (Wildman–Crippen MR) is 133 cm³/mol. The van der Waals surface area contributed by atoms with E-state index in [0.29, 0.717) is 17.7 Å². The molecule has 0 fully saturated rings. The molecule has 1 atom stereocenters. The van der Waals surface area contributed by atoms with Crippen molar-refractivity contribution in [3.8, 4) is 16.9 Å². The zero-order valence-corrected chi connectivity index (χ0v) is 19.9. The molecule has 6 heteroatoms. The number of carboxylic acid groups (broad SMARTS) is 1. The van der Waals surface area contributed by atoms with Crippen molar-refractivity contribution in [2.75, 3.05) is 12.1 Å². The molecule has 176 valence electrons. The van der Waals surface area contributed by atoms with Gasteiger partial charge >= 0.3 is 5.97 Å². The molecule has 0 spiro atoms. The SMILES string of the molecule is COc1ccc(F)c(-c2ccc(Cc3ccc(N4N=C(C)CC4(C)CC(=O)O)cc3)c(C)c2)c1. The van der Waals surface area contributed by atoms with Crippen LogP contribution in [0, 0.1) is 12.7 Å². The lowest BCUT2D eigenvalue weighted by Crippen LogP contribution is -2.41. The average molecular weight is 461 g/mol. The summed E-state index contributed by atoms with van der Waals surface area (Å²) in [6.45, 7) is 5.90. The van der Waals surface area contributed by atoms with Gasteiger partial charge in [0.2, 0.25) is 0 Å². The van der Waals surface area contributed by atoms with Crippen molar-refractivity contribution in [1.82, 2.24) is 0 Å². The summed E-state index contributed by atoms with van der Waals surface area (Å²) in [4.78, 5) is 11.4. The summed E-state index contributed by atoms with van der Waals surface area (Å²) in [5.41, 5.74) is 5.94. The lowest BCUT2D eigenvalue weighted by molar-refractivity contribution is -0.138. The summed E-state index contributed by atoms with van der Waals surface area (Å²) >= 11 is 0. The maximum Gasteiger partial charge on any atom is 0.305 e. The third-order valence-electron chi connectivity index (χ3n) is 6.35. The molecule has 0 aliphatic carbocycles. The van der Waals surface area contributed by atoms with Gasteiger partial charge < -0.3 is 9.84 Å². The first-order valence-electron chi connectivity index (χ1n) is 11.3. The topological polar surface area (TPSA) is 62.1 Å². The molecule has 0 bridgehead atoms. The van der Waals surface area contributed by atoms with Crippen molar-refractivity contribution in [1.29, 1.82) is 0 Å². The van der Waals surface area contributed by atoms with Gasteiger partial charge in [-0.05, 0) is 79.8 Å². The first-order chi connectivity index (χ1) is 16.2. The number of anilines is 1. The Morgan fingerprint density at radius 3 is 2.50 bits per heavy atom. The van der Waals surface area contributed by atoms with E-state index in [-0.39, 0.29) is 12.2 Å². The zero-order valence-electron chi connectivity index (χ0n) is 19.9. The number of rotatable bonds is 7. The molecule has 34 heavy (non-hydrogen) atoms. The molecule has 0 radical (unpaired) electrons. The molecule has 0 saturated carbocycles. The van der Waals surface area contributed by atoms with Gasteiger partial charge in [-0.15, -0.1) is 0 Å². The summed E-state index contributed by atoms with van der Waals surface area (Å²) in [7, 11) is 1.57. The highest BCUT2D eigenvalue weighted by Gasteiger charge is 2.39. The van der Waals surface area contributed by atoms with E-state index in [9.17, 15) is 14.3 Å². The van der Waals surface area contributed by atoms with Gasteiger partial charge in [-0.25, -0.2) is 4.39 Å². The van der Waals surface area contributed by atoms with E-state index in [1.807, 2.05) is 56.1 Å². The fourth-order valence-corrected chi connectivity index (χ4v) is 4.67. The fraction of sp³-hybridized carbons (Fsp3) is 0.286. The van der Waals surface area contributed by atoms with Crippen molar-refractivity contribution in [3.63, 3.8) is 0 Å². The molecule has 0 aromatic heterocycles. The van der Waals surface area contributed by atoms with E-state index in [4.69, 9.17) is 4.74 Å². The van der Waals surface area contributed by atoms with Gasteiger partial charge in [0, 0.05) is 17.7 Å². The van der Waals surface area contributed by atoms with Crippen molar-refractivity contribution >= 4 is 17.4 Å². The minimum Gasteiger partial charge on any atom is -0.497 e. The van der Waals surface area contributed by atoms with Gasteiger partial charge in [-0.3, -0.25) is 9.80 Å². The second kappa shape index (κ2) is 9.29. The van der Waals surface area contributed by atoms with Crippen molar-refractivity contribution in [2.24, 2.45) is 5.10 Å². The maximum absolute atomic E-state index is 14.4. The van der Waals surface area contributed by atoms with E-state index in [0.717, 1.165) is 40.1 Å². The Kier molecular flexibility index (Phi) is 6.42. The third-order valence-corrected chi connectivity index (χ3v) is 6.35. The quantitative estimate of drug-likeness (QED) is 0.455. The van der Waals surface area contributed by atoms with Crippen LogP contribution in [0.4, 0.5) is 10.1 Å². The minimum absolute atomic E-state index is 0.0228. The molecule has 1 aliphatic heterocycles. The van der Waals surface area contributed by atoms with Crippen LogP contribution >= 0.6 is 0 Å². The number of aryl methyl sites for hydroxylation is 1. The smallest absolute Gasteiger partial charge is 0.305 e. The van der Waals surface area contributed by atoms with Gasteiger partial charge in [0.25, 0.3) is 0 Å². The lowest BCUT2D eigenvalue weighted by Gasteiger charge is -2.33. The van der Waals surface area contributed by atoms with E-state index in [1.165, 1.54) is 6.07 Å². The Labute approximate surface area is 199 Å². The average Bonchev–Trinajstić information content (AvgIpc) is 3.08. The first kappa shape index (κ1) is 23.5. The monoisotopic (exact) mass is 460 g/mol. The fourth-order valence-electron chi connectivity index (χ4n) is 4.67. The van der Waals surface area contributed by atoms with Crippen molar-refractivity contribution < 1.29 is 19.0 Å². The molecular formula is C28H29FN2O3. The summed E-state index contributed by atoms with van der Waals surface area (Å²) in [5.74, 6) is -0.491. The van der Waals surface area contributed by atoms with Crippen molar-refractivity contribution in [3.05, 3.63) is 83.2 Å². The van der Waals surface area contributed by atoms with Crippen molar-refractivity contribution in [2.45, 2.75) is 45.6 Å². The molecule has 1 aliphatic rings.